The zero-order valence-corrected chi connectivity index (χ0v) is 8.57. The van der Waals surface area contributed by atoms with E-state index in [0.29, 0.717) is 5.95 Å². The summed E-state index contributed by atoms with van der Waals surface area (Å²) in [6.45, 7) is 0. The van der Waals surface area contributed by atoms with Crippen molar-refractivity contribution in [1.82, 2.24) is 19.7 Å². The number of nitrogens with zero attached hydrogens (tertiary/aromatic N) is 4. The first-order chi connectivity index (χ1) is 8.24. The van der Waals surface area contributed by atoms with Crippen molar-refractivity contribution in [2.75, 3.05) is 0 Å². The Morgan fingerprint density at radius 3 is 2.88 bits per heavy atom. The Kier molecular flexibility index (Phi) is 1.91. The average molecular weight is 229 g/mol. The van der Waals surface area contributed by atoms with Crippen LogP contribution in [0.15, 0.2) is 36.7 Å². The molecule has 0 saturated carbocycles. The Hall–Kier alpha value is -2.70. The SMILES string of the molecule is O=[N+]([O-])c1cnn(-c2nc3ccccc3[nH]2)c1. The third-order valence-electron chi connectivity index (χ3n) is 2.37. The van der Waals surface area contributed by atoms with E-state index in [0.717, 1.165) is 11.0 Å². The molecule has 2 heterocycles. The maximum absolute atomic E-state index is 10.5. The van der Waals surface area contributed by atoms with Crippen LogP contribution in [0.1, 0.15) is 0 Å². The first-order valence-electron chi connectivity index (χ1n) is 4.88. The van der Waals surface area contributed by atoms with Gasteiger partial charge in [0.1, 0.15) is 12.4 Å². The van der Waals surface area contributed by atoms with Gasteiger partial charge in [0, 0.05) is 0 Å². The first-order valence-corrected chi connectivity index (χ1v) is 4.88. The smallest absolute Gasteiger partial charge is 0.307 e. The van der Waals surface area contributed by atoms with Crippen LogP contribution in [0.4, 0.5) is 5.69 Å². The van der Waals surface area contributed by atoms with E-state index in [4.69, 9.17) is 0 Å². The van der Waals surface area contributed by atoms with Crippen molar-refractivity contribution in [2.24, 2.45) is 0 Å². The molecule has 1 N–H and O–H groups in total. The molecule has 7 heteroatoms. The number of rotatable bonds is 2. The Morgan fingerprint density at radius 2 is 2.18 bits per heavy atom. The highest BCUT2D eigenvalue weighted by Crippen LogP contribution is 2.15. The van der Waals surface area contributed by atoms with Crippen LogP contribution in [0.2, 0.25) is 0 Å². The number of para-hydroxylation sites is 2. The summed E-state index contributed by atoms with van der Waals surface area (Å²) < 4.78 is 1.35. The molecule has 0 unspecified atom stereocenters. The van der Waals surface area contributed by atoms with E-state index >= 15 is 0 Å². The van der Waals surface area contributed by atoms with E-state index in [1.165, 1.54) is 17.1 Å². The largest absolute Gasteiger partial charge is 0.322 e. The van der Waals surface area contributed by atoms with Crippen LogP contribution in [-0.2, 0) is 0 Å². The molecule has 0 spiro atoms. The number of imidazole rings is 1. The fourth-order valence-corrected chi connectivity index (χ4v) is 1.57. The summed E-state index contributed by atoms with van der Waals surface area (Å²) in [7, 11) is 0. The van der Waals surface area contributed by atoms with Crippen molar-refractivity contribution in [2.45, 2.75) is 0 Å². The number of H-pyrrole nitrogens is 1. The van der Waals surface area contributed by atoms with Crippen molar-refractivity contribution in [1.29, 1.82) is 0 Å². The maximum atomic E-state index is 10.5. The lowest BCUT2D eigenvalue weighted by Gasteiger charge is -1.91. The summed E-state index contributed by atoms with van der Waals surface area (Å²) in [6.07, 6.45) is 2.50. The summed E-state index contributed by atoms with van der Waals surface area (Å²) in [5.41, 5.74) is 1.59. The fraction of sp³-hybridized carbons (Fsp3) is 0. The summed E-state index contributed by atoms with van der Waals surface area (Å²) in [5.74, 6) is 0.458. The highest BCUT2D eigenvalue weighted by atomic mass is 16.6. The van der Waals surface area contributed by atoms with Crippen LogP contribution in [0.5, 0.6) is 0 Å². The number of hydrogen-bond acceptors (Lipinski definition) is 4. The van der Waals surface area contributed by atoms with Crippen molar-refractivity contribution in [3.05, 3.63) is 46.8 Å². The van der Waals surface area contributed by atoms with Crippen molar-refractivity contribution < 1.29 is 4.92 Å². The molecule has 0 bridgehead atoms. The van der Waals surface area contributed by atoms with Gasteiger partial charge < -0.3 is 4.98 Å². The summed E-state index contributed by atoms with van der Waals surface area (Å²) in [6, 6.07) is 7.49. The highest BCUT2D eigenvalue weighted by Gasteiger charge is 2.11. The molecule has 84 valence electrons. The minimum absolute atomic E-state index is 0.0644. The van der Waals surface area contributed by atoms with Gasteiger partial charge >= 0.3 is 5.69 Å². The number of hydrogen-bond donors (Lipinski definition) is 1. The van der Waals surface area contributed by atoms with Crippen molar-refractivity contribution >= 4 is 16.7 Å². The highest BCUT2D eigenvalue weighted by molar-refractivity contribution is 5.75. The number of nitrogens with one attached hydrogen (secondary N) is 1. The van der Waals surface area contributed by atoms with Crippen LogP contribution >= 0.6 is 0 Å². The number of aromatic nitrogens is 4. The summed E-state index contributed by atoms with van der Waals surface area (Å²) >= 11 is 0. The number of fused-ring (bicyclic) bond motifs is 1. The molecule has 0 saturated heterocycles. The molecular weight excluding hydrogens is 222 g/mol. The Bertz CT molecular complexity index is 666. The van der Waals surface area contributed by atoms with Crippen LogP contribution in [0.3, 0.4) is 0 Å². The second-order valence-electron chi connectivity index (χ2n) is 3.48. The molecule has 0 aliphatic carbocycles. The Labute approximate surface area is 94.9 Å². The molecule has 3 rings (SSSR count). The van der Waals surface area contributed by atoms with E-state index in [2.05, 4.69) is 15.1 Å². The van der Waals surface area contributed by atoms with Gasteiger partial charge in [-0.1, -0.05) is 12.1 Å². The quantitative estimate of drug-likeness (QED) is 0.534. The molecule has 17 heavy (non-hydrogen) atoms. The zero-order chi connectivity index (χ0) is 11.8. The molecule has 0 aliphatic heterocycles. The summed E-state index contributed by atoms with van der Waals surface area (Å²) in [5, 5.41) is 14.4. The first kappa shape index (κ1) is 9.52. The zero-order valence-electron chi connectivity index (χ0n) is 8.57. The monoisotopic (exact) mass is 229 g/mol. The van der Waals surface area contributed by atoms with Crippen LogP contribution in [0.25, 0.3) is 17.0 Å². The normalized spacial score (nSPS) is 10.8. The second kappa shape index (κ2) is 3.41. The van der Waals surface area contributed by atoms with Gasteiger partial charge in [0.15, 0.2) is 0 Å². The van der Waals surface area contributed by atoms with E-state index in [9.17, 15) is 10.1 Å². The van der Waals surface area contributed by atoms with Gasteiger partial charge in [-0.2, -0.15) is 5.10 Å². The van der Waals surface area contributed by atoms with Crippen LogP contribution < -0.4 is 0 Å². The molecule has 0 aliphatic rings. The van der Waals surface area contributed by atoms with Crippen LogP contribution in [0, 0.1) is 10.1 Å². The lowest BCUT2D eigenvalue weighted by molar-refractivity contribution is -0.384. The standard InChI is InChI=1S/C10H7N5O2/c16-15(17)7-5-11-14(6-7)10-12-8-3-1-2-4-9(8)13-10/h1-6H,(H,12,13). The lowest BCUT2D eigenvalue weighted by Crippen LogP contribution is -1.96. The van der Waals surface area contributed by atoms with E-state index < -0.39 is 4.92 Å². The molecule has 0 radical (unpaired) electrons. The van der Waals surface area contributed by atoms with E-state index in [1.54, 1.807) is 0 Å². The third-order valence-corrected chi connectivity index (χ3v) is 2.37. The third kappa shape index (κ3) is 1.53. The predicted octanol–water partition coefficient (Wildman–Crippen LogP) is 1.66. The number of benzene rings is 1. The number of nitro groups is 1. The summed E-state index contributed by atoms with van der Waals surface area (Å²) in [4.78, 5) is 17.4. The minimum Gasteiger partial charge on any atom is -0.322 e. The molecule has 2 aromatic heterocycles. The molecule has 3 aromatic rings. The molecular formula is C10H7N5O2. The Balaban J connectivity index is 2.10. The minimum atomic E-state index is -0.494. The van der Waals surface area contributed by atoms with Crippen molar-refractivity contribution in [3.8, 4) is 5.95 Å². The van der Waals surface area contributed by atoms with Gasteiger partial charge in [0.25, 0.3) is 0 Å². The van der Waals surface area contributed by atoms with Gasteiger partial charge in [0.2, 0.25) is 5.95 Å². The lowest BCUT2D eigenvalue weighted by atomic mass is 10.3. The van der Waals surface area contributed by atoms with Gasteiger partial charge in [-0.05, 0) is 12.1 Å². The van der Waals surface area contributed by atoms with Gasteiger partial charge in [-0.3, -0.25) is 10.1 Å². The van der Waals surface area contributed by atoms with E-state index in [-0.39, 0.29) is 5.69 Å². The Morgan fingerprint density at radius 1 is 1.35 bits per heavy atom. The van der Waals surface area contributed by atoms with Gasteiger partial charge in [0.05, 0.1) is 16.0 Å². The van der Waals surface area contributed by atoms with Crippen molar-refractivity contribution in [3.63, 3.8) is 0 Å². The molecule has 7 nitrogen and oxygen atoms in total. The van der Waals surface area contributed by atoms with E-state index in [1.807, 2.05) is 24.3 Å². The fourth-order valence-electron chi connectivity index (χ4n) is 1.57. The molecule has 0 atom stereocenters. The predicted molar refractivity (Wildman–Crippen MR) is 59.9 cm³/mol. The molecule has 0 fully saturated rings. The van der Waals surface area contributed by atoms with Gasteiger partial charge in [-0.15, -0.1) is 0 Å². The maximum Gasteiger partial charge on any atom is 0.307 e. The molecule has 1 aromatic carbocycles. The number of aromatic amines is 1. The van der Waals surface area contributed by atoms with Crippen LogP contribution in [-0.4, -0.2) is 24.7 Å². The van der Waals surface area contributed by atoms with Gasteiger partial charge in [-0.25, -0.2) is 9.67 Å². The molecule has 0 amide bonds. The average Bonchev–Trinajstić information content (AvgIpc) is 2.95. The topological polar surface area (TPSA) is 89.6 Å². The second-order valence-corrected chi connectivity index (χ2v) is 3.48.